The first-order valence-corrected chi connectivity index (χ1v) is 8.33. The quantitative estimate of drug-likeness (QED) is 0.943. The highest BCUT2D eigenvalue weighted by Gasteiger charge is 2.23. The standard InChI is InChI=1S/C20H23NO2/c22-18-12-14-21(15-13-18)20(23)19-9-5-4-8-17(19)11-10-16-6-2-1-3-7-16/h1-9,18,22H,10-15H2. The molecule has 1 aliphatic heterocycles. The van der Waals surface area contributed by atoms with Crippen molar-refractivity contribution < 1.29 is 9.90 Å². The number of aryl methyl sites for hydroxylation is 2. The van der Waals surface area contributed by atoms with Crippen molar-refractivity contribution in [3.05, 3.63) is 71.3 Å². The maximum Gasteiger partial charge on any atom is 0.254 e. The second-order valence-electron chi connectivity index (χ2n) is 6.17. The highest BCUT2D eigenvalue weighted by molar-refractivity contribution is 5.95. The Morgan fingerprint density at radius 2 is 1.61 bits per heavy atom. The van der Waals surface area contributed by atoms with Crippen LogP contribution in [0.2, 0.25) is 0 Å². The molecule has 2 aromatic rings. The molecule has 0 radical (unpaired) electrons. The van der Waals surface area contributed by atoms with Crippen LogP contribution in [0.15, 0.2) is 54.6 Å². The van der Waals surface area contributed by atoms with Crippen molar-refractivity contribution in [1.82, 2.24) is 4.90 Å². The molecule has 0 aromatic heterocycles. The fraction of sp³-hybridized carbons (Fsp3) is 0.350. The molecule has 120 valence electrons. The van der Waals surface area contributed by atoms with Gasteiger partial charge in [0.15, 0.2) is 0 Å². The second kappa shape index (κ2) is 7.42. The van der Waals surface area contributed by atoms with E-state index in [4.69, 9.17) is 0 Å². The predicted molar refractivity (Wildman–Crippen MR) is 91.4 cm³/mol. The Hall–Kier alpha value is -2.13. The summed E-state index contributed by atoms with van der Waals surface area (Å²) in [4.78, 5) is 14.7. The van der Waals surface area contributed by atoms with Crippen molar-refractivity contribution >= 4 is 5.91 Å². The van der Waals surface area contributed by atoms with Gasteiger partial charge in [-0.25, -0.2) is 0 Å². The summed E-state index contributed by atoms with van der Waals surface area (Å²) in [6.45, 7) is 1.29. The van der Waals surface area contributed by atoms with Gasteiger partial charge in [0.2, 0.25) is 0 Å². The van der Waals surface area contributed by atoms with E-state index in [1.54, 1.807) is 0 Å². The van der Waals surface area contributed by atoms with Crippen molar-refractivity contribution in [1.29, 1.82) is 0 Å². The molecule has 3 heteroatoms. The topological polar surface area (TPSA) is 40.5 Å². The van der Waals surface area contributed by atoms with E-state index in [9.17, 15) is 9.90 Å². The maximum absolute atomic E-state index is 12.8. The van der Waals surface area contributed by atoms with Gasteiger partial charge in [0, 0.05) is 18.7 Å². The molecule has 1 amide bonds. The zero-order chi connectivity index (χ0) is 16.1. The monoisotopic (exact) mass is 309 g/mol. The fourth-order valence-corrected chi connectivity index (χ4v) is 3.11. The van der Waals surface area contributed by atoms with Crippen LogP contribution in [-0.2, 0) is 12.8 Å². The van der Waals surface area contributed by atoms with Crippen LogP contribution < -0.4 is 0 Å². The number of hydrogen-bond acceptors (Lipinski definition) is 2. The Morgan fingerprint density at radius 3 is 2.35 bits per heavy atom. The van der Waals surface area contributed by atoms with E-state index in [0.717, 1.165) is 24.0 Å². The Bertz CT molecular complexity index is 646. The number of carbonyl (C=O) groups is 1. The van der Waals surface area contributed by atoms with Crippen LogP contribution >= 0.6 is 0 Å². The maximum atomic E-state index is 12.8. The summed E-state index contributed by atoms with van der Waals surface area (Å²) < 4.78 is 0. The first-order valence-electron chi connectivity index (χ1n) is 8.33. The smallest absolute Gasteiger partial charge is 0.254 e. The zero-order valence-electron chi connectivity index (χ0n) is 13.3. The van der Waals surface area contributed by atoms with Gasteiger partial charge in [-0.3, -0.25) is 4.79 Å². The molecule has 1 saturated heterocycles. The minimum Gasteiger partial charge on any atom is -0.393 e. The number of benzene rings is 2. The first-order chi connectivity index (χ1) is 11.2. The predicted octanol–water partition coefficient (Wildman–Crippen LogP) is 3.07. The Morgan fingerprint density at radius 1 is 0.957 bits per heavy atom. The first kappa shape index (κ1) is 15.8. The molecule has 2 aromatic carbocycles. The summed E-state index contributed by atoms with van der Waals surface area (Å²) >= 11 is 0. The summed E-state index contributed by atoms with van der Waals surface area (Å²) in [5.41, 5.74) is 3.20. The molecule has 1 aliphatic rings. The number of aliphatic hydroxyl groups excluding tert-OH is 1. The lowest BCUT2D eigenvalue weighted by Gasteiger charge is -2.30. The number of rotatable bonds is 4. The lowest BCUT2D eigenvalue weighted by atomic mass is 9.98. The molecule has 0 bridgehead atoms. The van der Waals surface area contributed by atoms with Gasteiger partial charge >= 0.3 is 0 Å². The van der Waals surface area contributed by atoms with Crippen LogP contribution in [0.4, 0.5) is 0 Å². The molecule has 1 heterocycles. The molecule has 0 saturated carbocycles. The fourth-order valence-electron chi connectivity index (χ4n) is 3.11. The lowest BCUT2D eigenvalue weighted by Crippen LogP contribution is -2.40. The van der Waals surface area contributed by atoms with Gasteiger partial charge in [-0.05, 0) is 42.9 Å². The van der Waals surface area contributed by atoms with Crippen molar-refractivity contribution in [2.45, 2.75) is 31.8 Å². The molecule has 0 atom stereocenters. The summed E-state index contributed by atoms with van der Waals surface area (Å²) in [6, 6.07) is 18.3. The van der Waals surface area contributed by atoms with Crippen LogP contribution in [-0.4, -0.2) is 35.1 Å². The van der Waals surface area contributed by atoms with Crippen molar-refractivity contribution in [2.24, 2.45) is 0 Å². The average Bonchev–Trinajstić information content (AvgIpc) is 2.61. The molecular weight excluding hydrogens is 286 g/mol. The van der Waals surface area contributed by atoms with E-state index in [1.165, 1.54) is 5.56 Å². The number of likely N-dealkylation sites (tertiary alicyclic amines) is 1. The number of amides is 1. The number of nitrogens with zero attached hydrogens (tertiary/aromatic N) is 1. The summed E-state index contributed by atoms with van der Waals surface area (Å²) in [7, 11) is 0. The highest BCUT2D eigenvalue weighted by Crippen LogP contribution is 2.18. The number of carbonyl (C=O) groups excluding carboxylic acids is 1. The molecule has 1 fully saturated rings. The van der Waals surface area contributed by atoms with E-state index < -0.39 is 0 Å². The van der Waals surface area contributed by atoms with E-state index in [-0.39, 0.29) is 12.0 Å². The van der Waals surface area contributed by atoms with Crippen molar-refractivity contribution in [3.8, 4) is 0 Å². The van der Waals surface area contributed by atoms with E-state index >= 15 is 0 Å². The van der Waals surface area contributed by atoms with E-state index in [0.29, 0.717) is 25.9 Å². The largest absolute Gasteiger partial charge is 0.393 e. The van der Waals surface area contributed by atoms with Crippen LogP contribution in [0.25, 0.3) is 0 Å². The average molecular weight is 309 g/mol. The number of aliphatic hydroxyl groups is 1. The molecule has 0 unspecified atom stereocenters. The highest BCUT2D eigenvalue weighted by atomic mass is 16.3. The van der Waals surface area contributed by atoms with Gasteiger partial charge in [0.25, 0.3) is 5.91 Å². The van der Waals surface area contributed by atoms with Crippen LogP contribution in [0.5, 0.6) is 0 Å². The third-order valence-corrected chi connectivity index (χ3v) is 4.53. The molecule has 3 rings (SSSR count). The number of piperidine rings is 1. The molecule has 0 spiro atoms. The van der Waals surface area contributed by atoms with Gasteiger partial charge < -0.3 is 10.0 Å². The minimum absolute atomic E-state index is 0.0977. The van der Waals surface area contributed by atoms with Gasteiger partial charge in [-0.1, -0.05) is 48.5 Å². The van der Waals surface area contributed by atoms with Crippen molar-refractivity contribution in [3.63, 3.8) is 0 Å². The lowest BCUT2D eigenvalue weighted by molar-refractivity contribution is 0.0545. The summed E-state index contributed by atoms with van der Waals surface area (Å²) in [5, 5.41) is 9.61. The molecule has 0 aliphatic carbocycles. The van der Waals surface area contributed by atoms with Gasteiger partial charge in [0.1, 0.15) is 0 Å². The van der Waals surface area contributed by atoms with Gasteiger partial charge in [-0.2, -0.15) is 0 Å². The van der Waals surface area contributed by atoms with Crippen molar-refractivity contribution in [2.75, 3.05) is 13.1 Å². The van der Waals surface area contributed by atoms with Crippen LogP contribution in [0.1, 0.15) is 34.3 Å². The Kier molecular flexibility index (Phi) is 5.09. The normalized spacial score (nSPS) is 15.6. The molecular formula is C20H23NO2. The molecule has 23 heavy (non-hydrogen) atoms. The van der Waals surface area contributed by atoms with Gasteiger partial charge in [0.05, 0.1) is 6.10 Å². The Labute approximate surface area is 137 Å². The van der Waals surface area contributed by atoms with E-state index in [1.807, 2.05) is 41.3 Å². The summed E-state index contributed by atoms with van der Waals surface area (Å²) in [5.74, 6) is 0.0977. The SMILES string of the molecule is O=C(c1ccccc1CCc1ccccc1)N1CCC(O)CC1. The summed E-state index contributed by atoms with van der Waals surface area (Å²) in [6.07, 6.45) is 2.90. The third-order valence-electron chi connectivity index (χ3n) is 4.53. The molecule has 3 nitrogen and oxygen atoms in total. The van der Waals surface area contributed by atoms with Crippen LogP contribution in [0, 0.1) is 0 Å². The Balaban J connectivity index is 1.71. The molecule has 1 N–H and O–H groups in total. The van der Waals surface area contributed by atoms with E-state index in [2.05, 4.69) is 18.2 Å². The third kappa shape index (κ3) is 3.99. The van der Waals surface area contributed by atoms with Gasteiger partial charge in [-0.15, -0.1) is 0 Å². The minimum atomic E-state index is -0.257. The second-order valence-corrected chi connectivity index (χ2v) is 6.17. The van der Waals surface area contributed by atoms with Crippen LogP contribution in [0.3, 0.4) is 0 Å². The number of hydrogen-bond donors (Lipinski definition) is 1. The zero-order valence-corrected chi connectivity index (χ0v) is 13.3.